The summed E-state index contributed by atoms with van der Waals surface area (Å²) in [6.07, 6.45) is 15.5. The first-order valence-corrected chi connectivity index (χ1v) is 18.4. The lowest BCUT2D eigenvalue weighted by Crippen LogP contribution is -2.27. The van der Waals surface area contributed by atoms with E-state index < -0.39 is 0 Å². The predicted molar refractivity (Wildman–Crippen MR) is 181 cm³/mol. The molecule has 2 aliphatic rings. The molecule has 218 valence electrons. The Kier molecular flexibility index (Phi) is 9.09. The van der Waals surface area contributed by atoms with E-state index in [-0.39, 0.29) is 10.8 Å². The van der Waals surface area contributed by atoms with Crippen molar-refractivity contribution in [1.29, 1.82) is 0 Å². The zero-order valence-electron chi connectivity index (χ0n) is 26.8. The van der Waals surface area contributed by atoms with Gasteiger partial charge in [-0.15, -0.1) is 22.7 Å². The molecule has 0 nitrogen and oxygen atoms in total. The highest BCUT2D eigenvalue weighted by Crippen LogP contribution is 2.63. The Morgan fingerprint density at radius 2 is 0.825 bits per heavy atom. The third-order valence-corrected chi connectivity index (χ3v) is 13.1. The minimum Gasteiger partial charge on any atom is -0.140 e. The maximum absolute atomic E-state index is 2.76. The summed E-state index contributed by atoms with van der Waals surface area (Å²) in [6.45, 7) is 19.0. The van der Waals surface area contributed by atoms with E-state index in [1.165, 1.54) is 77.0 Å². The average molecular weight is 575 g/mol. The van der Waals surface area contributed by atoms with Crippen LogP contribution in [0, 0.1) is 0 Å². The van der Waals surface area contributed by atoms with Gasteiger partial charge in [0.2, 0.25) is 0 Å². The summed E-state index contributed by atoms with van der Waals surface area (Å²) in [6, 6.07) is 10.8. The van der Waals surface area contributed by atoms with Crippen LogP contribution in [0.4, 0.5) is 0 Å². The van der Waals surface area contributed by atoms with Gasteiger partial charge in [0.15, 0.2) is 0 Å². The van der Waals surface area contributed by atoms with Crippen molar-refractivity contribution in [3.05, 3.63) is 56.3 Å². The Morgan fingerprint density at radius 1 is 0.500 bits per heavy atom. The molecule has 2 heterocycles. The Balaban J connectivity index is 1.80. The molecule has 0 bridgehead atoms. The smallest absolute Gasteiger partial charge is 0.0390 e. The highest BCUT2D eigenvalue weighted by atomic mass is 32.1. The third kappa shape index (κ3) is 4.78. The van der Waals surface area contributed by atoms with Crippen molar-refractivity contribution in [1.82, 2.24) is 0 Å². The summed E-state index contributed by atoms with van der Waals surface area (Å²) < 4.78 is 0. The standard InChI is InChI=1S/C38H54S2/c1-9-13-17-37(18-14-10-2)29-21-28-30(22-27(29)35-31(37)23-33(39-35)25(5)6)38(19-15-11-3,20-16-12-4)32-24-34(26(7)8)40-36(28)32/h21-26H,9-20H2,1-8H3. The van der Waals surface area contributed by atoms with Crippen LogP contribution in [0.1, 0.15) is 176 Å². The van der Waals surface area contributed by atoms with Crippen LogP contribution in [0.15, 0.2) is 24.3 Å². The maximum atomic E-state index is 2.76. The first-order chi connectivity index (χ1) is 19.3. The minimum absolute atomic E-state index is 0.186. The molecule has 1 aromatic carbocycles. The number of rotatable bonds is 14. The van der Waals surface area contributed by atoms with Gasteiger partial charge in [-0.05, 0) is 95.2 Å². The van der Waals surface area contributed by atoms with E-state index in [1.807, 2.05) is 0 Å². The van der Waals surface area contributed by atoms with E-state index in [2.05, 4.69) is 102 Å². The van der Waals surface area contributed by atoms with E-state index in [9.17, 15) is 0 Å². The summed E-state index contributed by atoms with van der Waals surface area (Å²) in [4.78, 5) is 6.40. The highest BCUT2D eigenvalue weighted by Gasteiger charge is 2.49. The predicted octanol–water partition coefficient (Wildman–Crippen LogP) is 13.4. The third-order valence-electron chi connectivity index (χ3n) is 10.2. The number of hydrogen-bond donors (Lipinski definition) is 0. The molecule has 3 aromatic rings. The van der Waals surface area contributed by atoms with Gasteiger partial charge < -0.3 is 0 Å². The van der Waals surface area contributed by atoms with Crippen LogP contribution in [0.3, 0.4) is 0 Å². The zero-order chi connectivity index (χ0) is 28.7. The monoisotopic (exact) mass is 574 g/mol. The first kappa shape index (κ1) is 30.1. The van der Waals surface area contributed by atoms with E-state index in [1.54, 1.807) is 52.9 Å². The molecule has 0 aliphatic heterocycles. The van der Waals surface area contributed by atoms with Crippen LogP contribution in [0.25, 0.3) is 20.9 Å². The molecule has 0 fully saturated rings. The second-order valence-corrected chi connectivity index (χ2v) is 15.8. The van der Waals surface area contributed by atoms with Gasteiger partial charge in [0, 0.05) is 30.3 Å². The normalized spacial score (nSPS) is 16.1. The number of benzene rings is 1. The summed E-state index contributed by atoms with van der Waals surface area (Å²) in [7, 11) is 0. The Bertz CT molecular complexity index is 1200. The fourth-order valence-electron chi connectivity index (χ4n) is 7.80. The molecule has 0 amide bonds. The molecule has 40 heavy (non-hydrogen) atoms. The molecule has 0 unspecified atom stereocenters. The highest BCUT2D eigenvalue weighted by molar-refractivity contribution is 7.16. The van der Waals surface area contributed by atoms with Crippen molar-refractivity contribution in [2.24, 2.45) is 0 Å². The molecule has 2 aliphatic carbocycles. The Labute approximate surface area is 254 Å². The fraction of sp³-hybridized carbons (Fsp3) is 0.632. The summed E-state index contributed by atoms with van der Waals surface area (Å²) >= 11 is 4.24. The van der Waals surface area contributed by atoms with Gasteiger partial charge in [0.25, 0.3) is 0 Å². The van der Waals surface area contributed by atoms with Crippen LogP contribution >= 0.6 is 22.7 Å². The van der Waals surface area contributed by atoms with E-state index >= 15 is 0 Å². The molecular weight excluding hydrogens is 521 g/mol. The molecule has 0 saturated heterocycles. The lowest BCUT2D eigenvalue weighted by molar-refractivity contribution is 0.411. The van der Waals surface area contributed by atoms with Crippen LogP contribution in [0.5, 0.6) is 0 Å². The van der Waals surface area contributed by atoms with E-state index in [0.29, 0.717) is 11.8 Å². The molecule has 0 radical (unpaired) electrons. The number of thiophene rings is 2. The zero-order valence-corrected chi connectivity index (χ0v) is 28.4. The molecular formula is C38H54S2. The SMILES string of the molecule is CCCCC1(CCCC)c2cc3c(cc2-c2sc(C(C)C)cc21)C(CCCC)(CCCC)c1cc(C(C)C)sc1-3. The topological polar surface area (TPSA) is 0 Å². The van der Waals surface area contributed by atoms with Gasteiger partial charge in [-0.25, -0.2) is 0 Å². The molecule has 0 atom stereocenters. The second kappa shape index (κ2) is 12.1. The van der Waals surface area contributed by atoms with Crippen LogP contribution in [-0.2, 0) is 10.8 Å². The summed E-state index contributed by atoms with van der Waals surface area (Å²) in [5.41, 5.74) is 10.3. The quantitative estimate of drug-likeness (QED) is 0.180. The lowest BCUT2D eigenvalue weighted by Gasteiger charge is -2.34. The fourth-order valence-corrected chi connectivity index (χ4v) is 10.4. The molecule has 2 heteroatoms. The van der Waals surface area contributed by atoms with Gasteiger partial charge in [-0.3, -0.25) is 0 Å². The molecule has 0 spiro atoms. The van der Waals surface area contributed by atoms with Crippen molar-refractivity contribution in [2.45, 2.75) is 155 Å². The van der Waals surface area contributed by atoms with Gasteiger partial charge in [-0.2, -0.15) is 0 Å². The maximum Gasteiger partial charge on any atom is 0.0390 e. The van der Waals surface area contributed by atoms with Gasteiger partial charge in [0.1, 0.15) is 0 Å². The second-order valence-electron chi connectivity index (χ2n) is 13.6. The van der Waals surface area contributed by atoms with Crippen LogP contribution in [0.2, 0.25) is 0 Å². The largest absolute Gasteiger partial charge is 0.140 e. The Hall–Kier alpha value is -1.38. The first-order valence-electron chi connectivity index (χ1n) is 16.8. The number of unbranched alkanes of at least 4 members (excludes halogenated alkanes) is 4. The van der Waals surface area contributed by atoms with E-state index in [0.717, 1.165) is 0 Å². The van der Waals surface area contributed by atoms with Crippen molar-refractivity contribution >= 4 is 22.7 Å². The lowest BCUT2D eigenvalue weighted by atomic mass is 9.69. The molecule has 2 aromatic heterocycles. The van der Waals surface area contributed by atoms with Crippen molar-refractivity contribution < 1.29 is 0 Å². The Morgan fingerprint density at radius 3 is 1.10 bits per heavy atom. The van der Waals surface area contributed by atoms with Crippen LogP contribution in [-0.4, -0.2) is 0 Å². The minimum atomic E-state index is 0.186. The summed E-state index contributed by atoms with van der Waals surface area (Å²) in [5.74, 6) is 1.19. The molecule has 5 rings (SSSR count). The number of fused-ring (bicyclic) bond motifs is 6. The molecule has 0 saturated carbocycles. The summed E-state index contributed by atoms with van der Waals surface area (Å²) in [5, 5.41) is 0. The van der Waals surface area contributed by atoms with Crippen molar-refractivity contribution in [2.75, 3.05) is 0 Å². The van der Waals surface area contributed by atoms with Gasteiger partial charge in [-0.1, -0.05) is 107 Å². The number of hydrogen-bond acceptors (Lipinski definition) is 2. The van der Waals surface area contributed by atoms with Crippen molar-refractivity contribution in [3.63, 3.8) is 0 Å². The van der Waals surface area contributed by atoms with Gasteiger partial charge in [0.05, 0.1) is 0 Å². The van der Waals surface area contributed by atoms with Crippen molar-refractivity contribution in [3.8, 4) is 20.9 Å². The van der Waals surface area contributed by atoms with E-state index in [4.69, 9.17) is 0 Å². The van der Waals surface area contributed by atoms with Gasteiger partial charge >= 0.3 is 0 Å². The average Bonchev–Trinajstić information content (AvgIpc) is 3.68. The molecule has 0 N–H and O–H groups in total. The van der Waals surface area contributed by atoms with Crippen LogP contribution < -0.4 is 0 Å².